The summed E-state index contributed by atoms with van der Waals surface area (Å²) in [4.78, 5) is 37.1. The van der Waals surface area contributed by atoms with Crippen LogP contribution in [0.3, 0.4) is 0 Å². The second-order valence-corrected chi connectivity index (χ2v) is 9.53. The van der Waals surface area contributed by atoms with Gasteiger partial charge in [-0.2, -0.15) is 0 Å². The molecule has 1 amide bonds. The fraction of sp³-hybridized carbons (Fsp3) is 0.214. The van der Waals surface area contributed by atoms with Crippen LogP contribution in [-0.2, 0) is 9.59 Å². The molecule has 0 radical (unpaired) electrons. The quantitative estimate of drug-likeness (QED) is 0.148. The van der Waals surface area contributed by atoms with Crippen molar-refractivity contribution in [1.82, 2.24) is 14.4 Å². The molecular weight excluding hydrogens is 504 g/mol. The van der Waals surface area contributed by atoms with Crippen molar-refractivity contribution in [2.75, 3.05) is 18.1 Å². The molecule has 3 aromatic heterocycles. The number of hydrogen-bond donors (Lipinski definition) is 1. The number of aromatic nitrogens is 3. The number of benzene rings is 1. The highest BCUT2D eigenvalue weighted by atomic mass is 32.1. The summed E-state index contributed by atoms with van der Waals surface area (Å²) in [5.41, 5.74) is 2.91. The minimum absolute atomic E-state index is 0.0726. The lowest BCUT2D eigenvalue weighted by Crippen LogP contribution is -2.29. The molecule has 4 heterocycles. The molecule has 1 atom stereocenters. The Balaban J connectivity index is 1.73. The molecule has 4 aromatic rings. The van der Waals surface area contributed by atoms with Crippen molar-refractivity contribution in [2.24, 2.45) is 0 Å². The number of aliphatic hydroxyl groups is 1. The number of pyridine rings is 1. The van der Waals surface area contributed by atoms with Gasteiger partial charge in [0.25, 0.3) is 5.78 Å². The van der Waals surface area contributed by atoms with E-state index in [0.717, 1.165) is 5.56 Å². The number of hydrogen-bond acceptors (Lipinski definition) is 8. The molecule has 0 saturated carbocycles. The Hall–Kier alpha value is -4.44. The van der Waals surface area contributed by atoms with Gasteiger partial charge in [0.05, 0.1) is 23.9 Å². The predicted octanol–water partition coefficient (Wildman–Crippen LogP) is 5.00. The summed E-state index contributed by atoms with van der Waals surface area (Å²) in [6.07, 6.45) is 5.02. The zero-order valence-corrected chi connectivity index (χ0v) is 22.0. The van der Waals surface area contributed by atoms with Crippen molar-refractivity contribution >= 4 is 39.6 Å². The van der Waals surface area contributed by atoms with Crippen LogP contribution in [0.2, 0.25) is 0 Å². The summed E-state index contributed by atoms with van der Waals surface area (Å²) in [6, 6.07) is 8.01. The third kappa shape index (κ3) is 4.12. The maximum atomic E-state index is 13.5. The lowest BCUT2D eigenvalue weighted by molar-refractivity contribution is -0.132. The van der Waals surface area contributed by atoms with Crippen LogP contribution in [0.5, 0.6) is 11.5 Å². The molecule has 1 saturated heterocycles. The van der Waals surface area contributed by atoms with Gasteiger partial charge in [0.1, 0.15) is 17.9 Å². The van der Waals surface area contributed by atoms with E-state index < -0.39 is 17.7 Å². The number of ether oxygens (including phenoxy) is 2. The van der Waals surface area contributed by atoms with Crippen molar-refractivity contribution in [1.29, 1.82) is 0 Å². The van der Waals surface area contributed by atoms with Crippen LogP contribution in [0.1, 0.15) is 35.5 Å². The number of aliphatic hydroxyl groups excluding tert-OH is 1. The van der Waals surface area contributed by atoms with E-state index in [2.05, 4.69) is 16.5 Å². The summed E-state index contributed by atoms with van der Waals surface area (Å²) in [6.45, 7) is 9.90. The fourth-order valence-corrected chi connectivity index (χ4v) is 5.25. The largest absolute Gasteiger partial charge is 0.505 e. The van der Waals surface area contributed by atoms with E-state index in [4.69, 9.17) is 9.47 Å². The molecule has 0 aliphatic carbocycles. The molecule has 1 unspecified atom stereocenters. The number of anilines is 1. The normalized spacial score (nSPS) is 16.8. The smallest absolute Gasteiger partial charge is 0.301 e. The molecule has 10 heteroatoms. The Labute approximate surface area is 223 Å². The van der Waals surface area contributed by atoms with Crippen molar-refractivity contribution in [2.45, 2.75) is 26.8 Å². The number of ketones is 1. The molecule has 1 aromatic carbocycles. The number of rotatable bonds is 8. The number of amides is 1. The Morgan fingerprint density at radius 2 is 2.03 bits per heavy atom. The Morgan fingerprint density at radius 3 is 2.71 bits per heavy atom. The molecule has 1 fully saturated rings. The third-order valence-corrected chi connectivity index (χ3v) is 7.09. The highest BCUT2D eigenvalue weighted by Gasteiger charge is 2.48. The summed E-state index contributed by atoms with van der Waals surface area (Å²) < 4.78 is 13.4. The van der Waals surface area contributed by atoms with E-state index in [1.165, 1.54) is 16.2 Å². The molecule has 1 N–H and O–H groups in total. The summed E-state index contributed by atoms with van der Waals surface area (Å²) in [7, 11) is 0. The number of nitrogens with zero attached hydrogens (tertiary/aromatic N) is 4. The molecule has 5 rings (SSSR count). The van der Waals surface area contributed by atoms with E-state index in [1.807, 2.05) is 36.6 Å². The molecule has 38 heavy (non-hydrogen) atoms. The summed E-state index contributed by atoms with van der Waals surface area (Å²) in [5, 5.41) is 13.6. The van der Waals surface area contributed by atoms with Crippen molar-refractivity contribution in [3.8, 4) is 11.5 Å². The van der Waals surface area contributed by atoms with Crippen molar-refractivity contribution < 1.29 is 24.2 Å². The van der Waals surface area contributed by atoms with Crippen LogP contribution in [0, 0.1) is 13.8 Å². The molecule has 1 aliphatic rings. The number of carbonyl (C=O) groups is 2. The van der Waals surface area contributed by atoms with Gasteiger partial charge in [-0.15, -0.1) is 11.3 Å². The highest BCUT2D eigenvalue weighted by molar-refractivity contribution is 7.14. The second kappa shape index (κ2) is 10.1. The van der Waals surface area contributed by atoms with Gasteiger partial charge in [0.15, 0.2) is 22.4 Å². The van der Waals surface area contributed by atoms with Crippen LogP contribution in [0.25, 0.3) is 11.4 Å². The maximum absolute atomic E-state index is 13.5. The topological polar surface area (TPSA) is 106 Å². The number of imidazole rings is 1. The van der Waals surface area contributed by atoms with E-state index in [9.17, 15) is 14.7 Å². The van der Waals surface area contributed by atoms with Crippen LogP contribution in [0.15, 0.2) is 66.3 Å². The van der Waals surface area contributed by atoms with Gasteiger partial charge in [0.2, 0.25) is 0 Å². The first-order chi connectivity index (χ1) is 18.4. The molecule has 0 spiro atoms. The van der Waals surface area contributed by atoms with Gasteiger partial charge >= 0.3 is 5.91 Å². The lowest BCUT2D eigenvalue weighted by atomic mass is 9.96. The minimum atomic E-state index is -0.959. The molecule has 194 valence electrons. The first kappa shape index (κ1) is 25.2. The highest BCUT2D eigenvalue weighted by Crippen LogP contribution is 2.44. The first-order valence-electron chi connectivity index (χ1n) is 12.0. The standard InChI is InChI=1S/C28H26N4O5S/c1-5-13-37-19-10-9-18(15-20(19)36-6-2)23-21(25(34)27(35)32(23)28-29-11-14-38-28)24(33)22-17(4)31-12-7-8-16(3)26(31)30-22/h5,7-12,14-15,23,33H,1,6,13H2,2-4H3/b24-21+. The average molecular weight is 531 g/mol. The molecular formula is C28H26N4O5S. The SMILES string of the molecule is C=CCOc1ccc(C2/C(=C(\O)c3nc4c(C)cccn4c3C)C(=O)C(=O)N2c2nccs2)cc1OCC. The van der Waals surface area contributed by atoms with Crippen molar-refractivity contribution in [3.63, 3.8) is 0 Å². The summed E-state index contributed by atoms with van der Waals surface area (Å²) in [5.74, 6) is -1.02. The Bertz CT molecular complexity index is 1590. The monoisotopic (exact) mass is 530 g/mol. The van der Waals surface area contributed by atoms with E-state index in [1.54, 1.807) is 42.8 Å². The van der Waals surface area contributed by atoms with Crippen LogP contribution < -0.4 is 14.4 Å². The Kier molecular flexibility index (Phi) is 6.73. The Morgan fingerprint density at radius 1 is 1.21 bits per heavy atom. The maximum Gasteiger partial charge on any atom is 0.301 e. The lowest BCUT2D eigenvalue weighted by Gasteiger charge is -2.24. The number of aryl methyl sites for hydroxylation is 2. The number of carbonyl (C=O) groups excluding carboxylic acids is 2. The fourth-order valence-electron chi connectivity index (χ4n) is 4.59. The first-order valence-corrected chi connectivity index (χ1v) is 12.9. The van der Waals surface area contributed by atoms with Gasteiger partial charge in [-0.1, -0.05) is 24.8 Å². The molecule has 0 bridgehead atoms. The van der Waals surface area contributed by atoms with Gasteiger partial charge in [-0.25, -0.2) is 9.97 Å². The zero-order valence-electron chi connectivity index (χ0n) is 21.2. The number of fused-ring (bicyclic) bond motifs is 1. The second-order valence-electron chi connectivity index (χ2n) is 8.65. The number of thiazole rings is 1. The van der Waals surface area contributed by atoms with E-state index in [-0.39, 0.29) is 23.6 Å². The zero-order chi connectivity index (χ0) is 27.0. The van der Waals surface area contributed by atoms with Gasteiger partial charge in [-0.3, -0.25) is 14.5 Å². The van der Waals surface area contributed by atoms with Crippen LogP contribution in [-0.4, -0.2) is 44.4 Å². The molecule has 9 nitrogen and oxygen atoms in total. The van der Waals surface area contributed by atoms with Gasteiger partial charge < -0.3 is 19.0 Å². The predicted molar refractivity (Wildman–Crippen MR) is 145 cm³/mol. The summed E-state index contributed by atoms with van der Waals surface area (Å²) >= 11 is 1.22. The molecule has 1 aliphatic heterocycles. The van der Waals surface area contributed by atoms with Crippen molar-refractivity contribution in [3.05, 3.63) is 88.8 Å². The van der Waals surface area contributed by atoms with Gasteiger partial charge in [0, 0.05) is 17.8 Å². The van der Waals surface area contributed by atoms with Gasteiger partial charge in [-0.05, 0) is 50.1 Å². The van der Waals surface area contributed by atoms with E-state index >= 15 is 0 Å². The third-order valence-electron chi connectivity index (χ3n) is 6.32. The minimum Gasteiger partial charge on any atom is -0.505 e. The average Bonchev–Trinajstić information content (AvgIpc) is 3.62. The van der Waals surface area contributed by atoms with Crippen LogP contribution in [0.4, 0.5) is 5.13 Å². The van der Waals surface area contributed by atoms with E-state index in [0.29, 0.717) is 40.1 Å². The number of Topliss-reactive ketones (excluding diaryl/α,β-unsaturated/α-hetero) is 1. The van der Waals surface area contributed by atoms with Crippen LogP contribution >= 0.6 is 11.3 Å².